The largest absolute Gasteiger partial charge is 0.472 e. The fourth-order valence-corrected chi connectivity index (χ4v) is 8.29. The van der Waals surface area contributed by atoms with Crippen LogP contribution in [0.4, 0.5) is 0 Å². The third-order valence-electron chi connectivity index (χ3n) is 11.2. The number of aliphatic hydroxyl groups is 5. The fourth-order valence-electron chi connectivity index (χ4n) is 7.32. The monoisotopic (exact) mass is 889 g/mol. The predicted molar refractivity (Wildman–Crippen MR) is 244 cm³/mol. The lowest BCUT2D eigenvalue weighted by atomic mass is 9.85. The average molecular weight is 889 g/mol. The molecule has 6 unspecified atom stereocenters. The van der Waals surface area contributed by atoms with Crippen LogP contribution in [0, 0.1) is 0 Å². The van der Waals surface area contributed by atoms with Gasteiger partial charge in [0, 0.05) is 13.0 Å². The van der Waals surface area contributed by atoms with Crippen LogP contribution in [-0.4, -0.2) is 98.9 Å². The van der Waals surface area contributed by atoms with E-state index in [1.165, 1.54) is 109 Å². The van der Waals surface area contributed by atoms with Crippen LogP contribution >= 0.6 is 7.82 Å². The second kappa shape index (κ2) is 39.0. The van der Waals surface area contributed by atoms with Gasteiger partial charge in [-0.05, 0) is 70.6 Å². The SMILES string of the molecule is CCCCC/C=C\C/C=C\CCCCCCCC(=O)OC(COCCCCCCCCCC/C=C\CCCCCCCCC)COP(=O)(O)OC1C(O)C(O)C(O)C(O)C1O. The van der Waals surface area contributed by atoms with Gasteiger partial charge in [0.05, 0.1) is 13.2 Å². The molecule has 0 amide bonds. The van der Waals surface area contributed by atoms with E-state index < -0.39 is 63.1 Å². The van der Waals surface area contributed by atoms with E-state index in [9.17, 15) is 39.8 Å². The molecule has 0 aromatic rings. The lowest BCUT2D eigenvalue weighted by molar-refractivity contribution is -0.220. The third-order valence-corrected chi connectivity index (χ3v) is 12.2. The Morgan fingerprint density at radius 1 is 0.525 bits per heavy atom. The number of allylic oxidation sites excluding steroid dienone is 6. The molecule has 61 heavy (non-hydrogen) atoms. The van der Waals surface area contributed by atoms with Crippen molar-refractivity contribution in [3.8, 4) is 0 Å². The number of phosphoric ester groups is 1. The number of unbranched alkanes of at least 4 members (excludes halogenated alkanes) is 23. The molecule has 13 heteroatoms. The molecule has 1 aliphatic rings. The highest BCUT2D eigenvalue weighted by molar-refractivity contribution is 7.47. The van der Waals surface area contributed by atoms with Gasteiger partial charge in [0.1, 0.15) is 42.7 Å². The van der Waals surface area contributed by atoms with Crippen molar-refractivity contribution >= 4 is 13.8 Å². The third kappa shape index (κ3) is 31.1. The highest BCUT2D eigenvalue weighted by Crippen LogP contribution is 2.47. The topological polar surface area (TPSA) is 192 Å². The molecule has 0 heterocycles. The van der Waals surface area contributed by atoms with Crippen LogP contribution in [0.1, 0.15) is 200 Å². The zero-order valence-corrected chi connectivity index (χ0v) is 39.1. The smallest absolute Gasteiger partial charge is 0.457 e. The molecule has 0 aromatic heterocycles. The summed E-state index contributed by atoms with van der Waals surface area (Å²) in [6.45, 7) is 4.22. The molecule has 0 aromatic carbocycles. The van der Waals surface area contributed by atoms with E-state index >= 15 is 0 Å². The van der Waals surface area contributed by atoms with Gasteiger partial charge in [-0.3, -0.25) is 13.8 Å². The van der Waals surface area contributed by atoms with Gasteiger partial charge < -0.3 is 39.9 Å². The molecule has 0 radical (unpaired) electrons. The maximum atomic E-state index is 12.8. The van der Waals surface area contributed by atoms with Crippen LogP contribution in [-0.2, 0) is 27.9 Å². The highest BCUT2D eigenvalue weighted by Gasteiger charge is 2.51. The average Bonchev–Trinajstić information content (AvgIpc) is 3.24. The zero-order valence-electron chi connectivity index (χ0n) is 38.2. The van der Waals surface area contributed by atoms with Crippen LogP contribution in [0.2, 0.25) is 0 Å². The molecule has 6 N–H and O–H groups in total. The zero-order chi connectivity index (χ0) is 44.8. The van der Waals surface area contributed by atoms with Gasteiger partial charge >= 0.3 is 13.8 Å². The molecule has 0 aliphatic heterocycles. The van der Waals surface area contributed by atoms with Gasteiger partial charge in [0.2, 0.25) is 0 Å². The summed E-state index contributed by atoms with van der Waals surface area (Å²) >= 11 is 0. The number of ether oxygens (including phenoxy) is 2. The second-order valence-electron chi connectivity index (χ2n) is 17.0. The van der Waals surface area contributed by atoms with Crippen molar-refractivity contribution in [3.05, 3.63) is 36.5 Å². The number of carbonyl (C=O) groups excluding carboxylic acids is 1. The molecule has 1 aliphatic carbocycles. The quantitative estimate of drug-likeness (QED) is 0.0148. The van der Waals surface area contributed by atoms with Crippen molar-refractivity contribution < 1.29 is 58.3 Å². The summed E-state index contributed by atoms with van der Waals surface area (Å²) < 4.78 is 34.2. The lowest BCUT2D eigenvalue weighted by Gasteiger charge is -2.41. The number of rotatable bonds is 41. The van der Waals surface area contributed by atoms with Crippen molar-refractivity contribution in [2.45, 2.75) is 243 Å². The first-order chi connectivity index (χ1) is 29.5. The van der Waals surface area contributed by atoms with Gasteiger partial charge in [-0.2, -0.15) is 0 Å². The van der Waals surface area contributed by atoms with E-state index in [2.05, 4.69) is 50.3 Å². The first kappa shape index (κ1) is 57.6. The minimum atomic E-state index is -5.02. The molecule has 6 atom stereocenters. The number of aliphatic hydroxyl groups excluding tert-OH is 5. The van der Waals surface area contributed by atoms with Crippen molar-refractivity contribution in [1.29, 1.82) is 0 Å². The maximum Gasteiger partial charge on any atom is 0.472 e. The Morgan fingerprint density at radius 3 is 1.43 bits per heavy atom. The van der Waals surface area contributed by atoms with Crippen molar-refractivity contribution in [3.63, 3.8) is 0 Å². The van der Waals surface area contributed by atoms with Crippen molar-refractivity contribution in [1.82, 2.24) is 0 Å². The number of esters is 1. The molecule has 358 valence electrons. The number of carbonyl (C=O) groups is 1. The maximum absolute atomic E-state index is 12.8. The van der Waals surface area contributed by atoms with Gasteiger partial charge in [0.25, 0.3) is 0 Å². The van der Waals surface area contributed by atoms with E-state index in [1.54, 1.807) is 0 Å². The predicted octanol–water partition coefficient (Wildman–Crippen LogP) is 10.3. The van der Waals surface area contributed by atoms with Crippen LogP contribution in [0.25, 0.3) is 0 Å². The Balaban J connectivity index is 2.38. The van der Waals surface area contributed by atoms with Crippen molar-refractivity contribution in [2.24, 2.45) is 0 Å². The summed E-state index contributed by atoms with van der Waals surface area (Å²) in [7, 11) is -5.02. The number of hydrogen-bond acceptors (Lipinski definition) is 11. The van der Waals surface area contributed by atoms with E-state index in [1.807, 2.05) is 0 Å². The molecular weight excluding hydrogens is 799 g/mol. The fraction of sp³-hybridized carbons (Fsp3) is 0.854. The van der Waals surface area contributed by atoms with E-state index in [4.69, 9.17) is 18.5 Å². The summed E-state index contributed by atoms with van der Waals surface area (Å²) in [5, 5.41) is 50.2. The Morgan fingerprint density at radius 2 is 0.918 bits per heavy atom. The van der Waals surface area contributed by atoms with E-state index in [0.717, 1.165) is 64.2 Å². The van der Waals surface area contributed by atoms with Gasteiger partial charge in [0.15, 0.2) is 0 Å². The normalized spacial score (nSPS) is 22.4. The Kier molecular flexibility index (Phi) is 36.8. The Bertz CT molecular complexity index is 1150. The molecule has 12 nitrogen and oxygen atoms in total. The molecule has 1 fully saturated rings. The number of hydrogen-bond donors (Lipinski definition) is 6. The van der Waals surface area contributed by atoms with E-state index in [-0.39, 0.29) is 13.0 Å². The Labute approximate surface area is 370 Å². The first-order valence-electron chi connectivity index (χ1n) is 24.3. The molecule has 1 saturated carbocycles. The molecule has 0 spiro atoms. The molecule has 1 rings (SSSR count). The minimum absolute atomic E-state index is 0.0836. The molecule has 0 bridgehead atoms. The van der Waals surface area contributed by atoms with Gasteiger partial charge in [-0.15, -0.1) is 0 Å². The molecular formula is C48H89O12P. The Hall–Kier alpha value is -1.44. The summed E-state index contributed by atoms with van der Waals surface area (Å²) in [4.78, 5) is 23.2. The standard InChI is InChI=1S/C48H89O12P/c1-3-5-7-9-11-13-15-17-19-20-21-22-24-26-28-30-32-34-36-38-57-39-41(40-58-61(55,56)60-48-46(53)44(51)43(50)45(52)47(48)54)59-42(49)37-35-33-31-29-27-25-23-18-16-14-12-10-8-6-4-2/h12,14,18-20,23,41,43-48,50-54H,3-11,13,15-17,21-22,24-40H2,1-2H3,(H,55,56)/b14-12-,20-19-,23-18-. The minimum Gasteiger partial charge on any atom is -0.457 e. The number of phosphoric acid groups is 1. The van der Waals surface area contributed by atoms with Gasteiger partial charge in [-0.1, -0.05) is 159 Å². The van der Waals surface area contributed by atoms with Crippen LogP contribution in [0.15, 0.2) is 36.5 Å². The summed E-state index contributed by atoms with van der Waals surface area (Å²) in [5.74, 6) is -0.491. The van der Waals surface area contributed by atoms with Gasteiger partial charge in [-0.25, -0.2) is 4.57 Å². The lowest BCUT2D eigenvalue weighted by Crippen LogP contribution is -2.64. The first-order valence-corrected chi connectivity index (χ1v) is 25.8. The summed E-state index contributed by atoms with van der Waals surface area (Å²) in [5.41, 5.74) is 0. The van der Waals surface area contributed by atoms with Crippen LogP contribution in [0.3, 0.4) is 0 Å². The summed E-state index contributed by atoms with van der Waals surface area (Å²) in [6.07, 6.45) is 33.5. The highest BCUT2D eigenvalue weighted by atomic mass is 31.2. The molecule has 0 saturated heterocycles. The van der Waals surface area contributed by atoms with Crippen LogP contribution < -0.4 is 0 Å². The van der Waals surface area contributed by atoms with Crippen molar-refractivity contribution in [2.75, 3.05) is 19.8 Å². The summed E-state index contributed by atoms with van der Waals surface area (Å²) in [6, 6.07) is 0. The second-order valence-corrected chi connectivity index (χ2v) is 18.4. The van der Waals surface area contributed by atoms with Crippen LogP contribution in [0.5, 0.6) is 0 Å². The van der Waals surface area contributed by atoms with E-state index in [0.29, 0.717) is 13.0 Å².